The van der Waals surface area contributed by atoms with Crippen LogP contribution in [-0.2, 0) is 4.74 Å². The van der Waals surface area contributed by atoms with Gasteiger partial charge in [0.05, 0.1) is 5.69 Å². The number of hydrogen-bond acceptors (Lipinski definition) is 3. The van der Waals surface area contributed by atoms with E-state index in [9.17, 15) is 9.59 Å². The van der Waals surface area contributed by atoms with Crippen molar-refractivity contribution in [3.05, 3.63) is 62.9 Å². The summed E-state index contributed by atoms with van der Waals surface area (Å²) in [5.41, 5.74) is 1.13. The summed E-state index contributed by atoms with van der Waals surface area (Å²) >= 11 is 0. The number of ether oxygens (including phenoxy) is 1. The van der Waals surface area contributed by atoms with E-state index in [0.717, 1.165) is 5.57 Å². The molecular weight excluding hydrogens is 270 g/mol. The number of rotatable bonds is 1. The number of aromatic nitrogens is 3. The molecule has 2 aromatic rings. The van der Waals surface area contributed by atoms with E-state index in [1.165, 1.54) is 4.57 Å². The third kappa shape index (κ3) is 1.22. The van der Waals surface area contributed by atoms with Crippen LogP contribution in [0.4, 0.5) is 0 Å². The first-order valence-electron chi connectivity index (χ1n) is 7.04. The molecule has 0 saturated carbocycles. The quantitative estimate of drug-likeness (QED) is 0.569. The van der Waals surface area contributed by atoms with E-state index in [0.29, 0.717) is 5.69 Å². The Morgan fingerprint density at radius 3 is 2.48 bits per heavy atom. The van der Waals surface area contributed by atoms with Crippen LogP contribution in [-0.4, -0.2) is 26.1 Å². The second-order valence-electron chi connectivity index (χ2n) is 5.84. The van der Waals surface area contributed by atoms with E-state index in [1.807, 2.05) is 25.1 Å². The van der Waals surface area contributed by atoms with Crippen molar-refractivity contribution in [1.82, 2.24) is 13.9 Å². The van der Waals surface area contributed by atoms with E-state index in [-0.39, 0.29) is 35.7 Å². The van der Waals surface area contributed by atoms with E-state index in [1.54, 1.807) is 21.5 Å². The van der Waals surface area contributed by atoms with Crippen molar-refractivity contribution in [2.45, 2.75) is 31.2 Å². The lowest BCUT2D eigenvalue weighted by atomic mass is 9.90. The Balaban J connectivity index is 1.84. The maximum Gasteiger partial charge on any atom is 0.352 e. The van der Waals surface area contributed by atoms with Crippen molar-refractivity contribution in [1.29, 1.82) is 0 Å². The van der Waals surface area contributed by atoms with Gasteiger partial charge in [0.1, 0.15) is 24.3 Å². The van der Waals surface area contributed by atoms with Crippen molar-refractivity contribution in [2.75, 3.05) is 0 Å². The Morgan fingerprint density at radius 2 is 1.71 bits per heavy atom. The molecule has 4 aliphatic rings. The number of hydrogen-bond donors (Lipinski definition) is 0. The summed E-state index contributed by atoms with van der Waals surface area (Å²) < 4.78 is 10.0. The molecule has 106 valence electrons. The highest BCUT2D eigenvalue weighted by molar-refractivity contribution is 5.33. The van der Waals surface area contributed by atoms with E-state index in [2.05, 4.69) is 6.08 Å². The average Bonchev–Trinajstić information content (AvgIpc) is 3.24. The molecule has 0 radical (unpaired) electrons. The Morgan fingerprint density at radius 1 is 1.00 bits per heavy atom. The van der Waals surface area contributed by atoms with Gasteiger partial charge < -0.3 is 4.74 Å². The van der Waals surface area contributed by atoms with Crippen LogP contribution < -0.4 is 11.4 Å². The third-order valence-electron chi connectivity index (χ3n) is 4.68. The number of para-hydroxylation sites is 1. The van der Waals surface area contributed by atoms with Crippen LogP contribution in [0.25, 0.3) is 5.69 Å². The van der Waals surface area contributed by atoms with Gasteiger partial charge in [-0.15, -0.1) is 0 Å². The highest BCUT2D eigenvalue weighted by atomic mass is 16.6. The first-order chi connectivity index (χ1) is 10.2. The first-order valence-corrected chi connectivity index (χ1v) is 7.04. The minimum atomic E-state index is -0.293. The largest absolute Gasteiger partial charge is 0.364 e. The molecule has 3 aliphatic heterocycles. The van der Waals surface area contributed by atoms with Crippen LogP contribution in [0.1, 0.15) is 19.0 Å². The van der Waals surface area contributed by atoms with Gasteiger partial charge in [-0.05, 0) is 24.6 Å². The fraction of sp³-hybridized carbons (Fsp3) is 0.333. The second-order valence-corrected chi connectivity index (χ2v) is 5.84. The second kappa shape index (κ2) is 3.46. The van der Waals surface area contributed by atoms with Crippen LogP contribution in [0.5, 0.6) is 0 Å². The number of nitrogens with zero attached hydrogens (tertiary/aromatic N) is 3. The van der Waals surface area contributed by atoms with Crippen LogP contribution >= 0.6 is 0 Å². The topological polar surface area (TPSA) is 61.5 Å². The third-order valence-corrected chi connectivity index (χ3v) is 4.68. The predicted octanol–water partition coefficient (Wildman–Crippen LogP) is 0.624. The zero-order valence-corrected chi connectivity index (χ0v) is 11.3. The van der Waals surface area contributed by atoms with E-state index >= 15 is 0 Å². The molecule has 1 aliphatic carbocycles. The zero-order valence-electron chi connectivity index (χ0n) is 11.3. The Labute approximate surface area is 119 Å². The molecule has 0 spiro atoms. The summed E-state index contributed by atoms with van der Waals surface area (Å²) in [6, 6.07) is 8.74. The van der Waals surface area contributed by atoms with Gasteiger partial charge in [-0.25, -0.2) is 23.5 Å². The summed E-state index contributed by atoms with van der Waals surface area (Å²) in [5, 5.41) is 0. The van der Waals surface area contributed by atoms with Crippen molar-refractivity contribution in [2.24, 2.45) is 0 Å². The smallest absolute Gasteiger partial charge is 0.352 e. The van der Waals surface area contributed by atoms with Crippen molar-refractivity contribution < 1.29 is 4.74 Å². The maximum atomic E-state index is 12.8. The van der Waals surface area contributed by atoms with Gasteiger partial charge in [-0.3, -0.25) is 0 Å². The van der Waals surface area contributed by atoms with Crippen molar-refractivity contribution in [3.8, 4) is 5.69 Å². The molecule has 1 aromatic heterocycles. The molecule has 1 saturated heterocycles. The van der Waals surface area contributed by atoms with Crippen LogP contribution in [0.15, 0.2) is 51.6 Å². The van der Waals surface area contributed by atoms with Crippen LogP contribution in [0, 0.1) is 0 Å². The molecule has 1 aromatic carbocycles. The Hall–Kier alpha value is -2.34. The highest BCUT2D eigenvalue weighted by Crippen LogP contribution is 2.50. The lowest BCUT2D eigenvalue weighted by molar-refractivity contribution is 0.284. The molecule has 4 atom stereocenters. The fourth-order valence-electron chi connectivity index (χ4n) is 3.72. The highest BCUT2D eigenvalue weighted by Gasteiger charge is 2.60. The van der Waals surface area contributed by atoms with Gasteiger partial charge in [0.15, 0.2) is 0 Å². The average molecular weight is 283 g/mol. The number of benzene rings is 1. The molecule has 6 heteroatoms. The summed E-state index contributed by atoms with van der Waals surface area (Å²) in [5.74, 6) is 0. The molecule has 2 unspecified atom stereocenters. The summed E-state index contributed by atoms with van der Waals surface area (Å²) in [6.07, 6.45) is 2.14. The van der Waals surface area contributed by atoms with Gasteiger partial charge in [0.2, 0.25) is 0 Å². The molecule has 6 rings (SSSR count). The molecule has 0 N–H and O–H groups in total. The molecule has 4 heterocycles. The van der Waals surface area contributed by atoms with E-state index in [4.69, 9.17) is 4.74 Å². The van der Waals surface area contributed by atoms with E-state index < -0.39 is 0 Å². The lowest BCUT2D eigenvalue weighted by Crippen LogP contribution is -2.45. The van der Waals surface area contributed by atoms with Crippen LogP contribution in [0.3, 0.4) is 0 Å². The Bertz CT molecular complexity index is 902. The molecule has 6 nitrogen and oxygen atoms in total. The molecule has 1 fully saturated rings. The van der Waals surface area contributed by atoms with Crippen molar-refractivity contribution >= 4 is 0 Å². The lowest BCUT2D eigenvalue weighted by Gasteiger charge is -2.33. The van der Waals surface area contributed by atoms with Gasteiger partial charge in [-0.2, -0.15) is 0 Å². The molecule has 0 amide bonds. The van der Waals surface area contributed by atoms with Gasteiger partial charge >= 0.3 is 11.4 Å². The normalized spacial score (nSPS) is 31.6. The fourth-order valence-corrected chi connectivity index (χ4v) is 3.72. The monoisotopic (exact) mass is 283 g/mol. The van der Waals surface area contributed by atoms with Crippen molar-refractivity contribution in [3.63, 3.8) is 0 Å². The van der Waals surface area contributed by atoms with Crippen LogP contribution in [0.2, 0.25) is 0 Å². The number of epoxide rings is 1. The minimum absolute atomic E-state index is 0.0439. The molecular formula is C15H13N3O3. The van der Waals surface area contributed by atoms with Gasteiger partial charge in [0, 0.05) is 0 Å². The Kier molecular flexibility index (Phi) is 1.87. The minimum Gasteiger partial charge on any atom is -0.364 e. The zero-order chi connectivity index (χ0) is 14.3. The molecule has 2 bridgehead atoms. The van der Waals surface area contributed by atoms with Gasteiger partial charge in [-0.1, -0.05) is 24.3 Å². The predicted molar refractivity (Wildman–Crippen MR) is 74.8 cm³/mol. The summed E-state index contributed by atoms with van der Waals surface area (Å²) in [6.45, 7) is 2.00. The SMILES string of the molecule is CC1=C[C@H]2C3OC3[C@@H]1n1c(=O)n(-c3ccccc3)c(=O)n12. The summed E-state index contributed by atoms with van der Waals surface area (Å²) in [7, 11) is 0. The maximum absolute atomic E-state index is 12.8. The molecule has 21 heavy (non-hydrogen) atoms. The first kappa shape index (κ1) is 11.3. The summed E-state index contributed by atoms with van der Waals surface area (Å²) in [4.78, 5) is 25.5. The standard InChI is InChI=1S/C15H13N3O3/c1-8-7-10-12-13(21-12)11(8)18-15(20)16(14(19)17(10)18)9-5-3-2-4-6-9/h2-7,10-13H,1H3/t10-,11+,12?,13?/m0/s1. The van der Waals surface area contributed by atoms with Gasteiger partial charge in [0.25, 0.3) is 0 Å².